The quantitative estimate of drug-likeness (QED) is 0.680. The summed E-state index contributed by atoms with van der Waals surface area (Å²) in [6, 6.07) is 4.00. The van der Waals surface area contributed by atoms with Crippen LogP contribution in [-0.4, -0.2) is 21.6 Å². The van der Waals surface area contributed by atoms with Crippen molar-refractivity contribution in [1.82, 2.24) is 9.97 Å². The molecule has 0 radical (unpaired) electrons. The summed E-state index contributed by atoms with van der Waals surface area (Å²) in [4.78, 5) is 21.5. The Labute approximate surface area is 143 Å². The van der Waals surface area contributed by atoms with E-state index in [9.17, 15) is 10.1 Å². The van der Waals surface area contributed by atoms with E-state index in [0.29, 0.717) is 21.6 Å². The van der Waals surface area contributed by atoms with Gasteiger partial charge < -0.3 is 5.32 Å². The fourth-order valence-electron chi connectivity index (χ4n) is 2.61. The van der Waals surface area contributed by atoms with Crippen molar-refractivity contribution in [2.75, 3.05) is 11.1 Å². The average molecular weight is 344 g/mol. The molecular weight excluding hydrogens is 328 g/mol. The Morgan fingerprint density at radius 2 is 2.30 bits per heavy atom. The van der Waals surface area contributed by atoms with E-state index in [2.05, 4.69) is 28.3 Å². The van der Waals surface area contributed by atoms with Gasteiger partial charge in [0.25, 0.3) is 0 Å². The molecule has 0 spiro atoms. The molecule has 1 amide bonds. The van der Waals surface area contributed by atoms with E-state index in [1.807, 2.05) is 0 Å². The van der Waals surface area contributed by atoms with Crippen molar-refractivity contribution in [3.63, 3.8) is 0 Å². The third-order valence-corrected chi connectivity index (χ3v) is 5.80. The third-order valence-electron chi connectivity index (χ3n) is 3.75. The zero-order valence-electron chi connectivity index (χ0n) is 12.7. The summed E-state index contributed by atoms with van der Waals surface area (Å²) in [5.74, 6) is 0.737. The van der Waals surface area contributed by atoms with Gasteiger partial charge >= 0.3 is 0 Å². The third kappa shape index (κ3) is 3.71. The Morgan fingerprint density at radius 1 is 1.52 bits per heavy atom. The molecule has 1 N–H and O–H groups in total. The van der Waals surface area contributed by atoms with Gasteiger partial charge in [0, 0.05) is 17.3 Å². The summed E-state index contributed by atoms with van der Waals surface area (Å²) >= 11 is 2.83. The van der Waals surface area contributed by atoms with Crippen LogP contribution < -0.4 is 5.32 Å². The molecule has 0 saturated carbocycles. The molecule has 2 aromatic heterocycles. The van der Waals surface area contributed by atoms with Gasteiger partial charge in [0.2, 0.25) is 5.91 Å². The molecule has 0 bridgehead atoms. The number of fused-ring (bicyclic) bond motifs is 1. The summed E-state index contributed by atoms with van der Waals surface area (Å²) < 4.78 is 0. The van der Waals surface area contributed by atoms with Crippen LogP contribution in [0.15, 0.2) is 23.6 Å². The Hall–Kier alpha value is -1.91. The Bertz CT molecular complexity index is 751. The standard InChI is InChI=1S/C16H16N4OS2/c1-10-3-4-11-12(8-17)15(23-13(11)7-10)20-14(21)9-22-16-18-5-2-6-19-16/h2,5-6,10H,3-4,7,9H2,1H3,(H,20,21). The summed E-state index contributed by atoms with van der Waals surface area (Å²) in [6.07, 6.45) is 6.33. The lowest BCUT2D eigenvalue weighted by atomic mass is 9.89. The molecule has 3 rings (SSSR count). The molecule has 1 atom stereocenters. The zero-order chi connectivity index (χ0) is 16.2. The Balaban J connectivity index is 1.68. The fraction of sp³-hybridized carbons (Fsp3) is 0.375. The number of thiophene rings is 1. The summed E-state index contributed by atoms with van der Waals surface area (Å²) in [6.45, 7) is 2.23. The SMILES string of the molecule is CC1CCc2c(sc(NC(=O)CSc3ncccn3)c2C#N)C1. The molecule has 23 heavy (non-hydrogen) atoms. The lowest BCUT2D eigenvalue weighted by molar-refractivity contribution is -0.113. The van der Waals surface area contributed by atoms with E-state index in [1.54, 1.807) is 29.8 Å². The van der Waals surface area contributed by atoms with Crippen LogP contribution in [0.5, 0.6) is 0 Å². The molecule has 2 aromatic rings. The smallest absolute Gasteiger partial charge is 0.235 e. The average Bonchev–Trinajstić information content (AvgIpc) is 2.89. The minimum Gasteiger partial charge on any atom is -0.316 e. The topological polar surface area (TPSA) is 78.7 Å². The zero-order valence-corrected chi connectivity index (χ0v) is 14.3. The number of carbonyl (C=O) groups is 1. The Kier molecular flexibility index (Phi) is 4.94. The van der Waals surface area contributed by atoms with Crippen molar-refractivity contribution in [1.29, 1.82) is 5.26 Å². The normalized spacial score (nSPS) is 16.4. The number of rotatable bonds is 4. The predicted octanol–water partition coefficient (Wildman–Crippen LogP) is 3.27. The van der Waals surface area contributed by atoms with Gasteiger partial charge in [-0.05, 0) is 36.8 Å². The van der Waals surface area contributed by atoms with Gasteiger partial charge in [0.15, 0.2) is 5.16 Å². The van der Waals surface area contributed by atoms with Crippen LogP contribution >= 0.6 is 23.1 Å². The van der Waals surface area contributed by atoms with Gasteiger partial charge in [-0.2, -0.15) is 5.26 Å². The molecule has 1 unspecified atom stereocenters. The maximum Gasteiger partial charge on any atom is 0.235 e. The van der Waals surface area contributed by atoms with Gasteiger partial charge in [0.1, 0.15) is 11.1 Å². The van der Waals surface area contributed by atoms with Gasteiger partial charge in [-0.15, -0.1) is 11.3 Å². The second-order valence-electron chi connectivity index (χ2n) is 5.54. The van der Waals surface area contributed by atoms with E-state index >= 15 is 0 Å². The van der Waals surface area contributed by atoms with Gasteiger partial charge in [-0.1, -0.05) is 18.7 Å². The minimum absolute atomic E-state index is 0.134. The predicted molar refractivity (Wildman–Crippen MR) is 91.6 cm³/mol. The fourth-order valence-corrected chi connectivity index (χ4v) is 4.59. The number of aromatic nitrogens is 2. The van der Waals surface area contributed by atoms with E-state index in [4.69, 9.17) is 0 Å². The maximum atomic E-state index is 12.1. The highest BCUT2D eigenvalue weighted by Gasteiger charge is 2.24. The molecule has 5 nitrogen and oxygen atoms in total. The van der Waals surface area contributed by atoms with Gasteiger partial charge in [-0.25, -0.2) is 9.97 Å². The number of nitriles is 1. The number of thioether (sulfide) groups is 1. The van der Waals surface area contributed by atoms with Crippen molar-refractivity contribution >= 4 is 34.0 Å². The van der Waals surface area contributed by atoms with Gasteiger partial charge in [0.05, 0.1) is 11.3 Å². The second-order valence-corrected chi connectivity index (χ2v) is 7.58. The first-order valence-electron chi connectivity index (χ1n) is 7.41. The molecule has 0 aromatic carbocycles. The number of nitrogens with zero attached hydrogens (tertiary/aromatic N) is 3. The lowest BCUT2D eigenvalue weighted by Gasteiger charge is -2.17. The van der Waals surface area contributed by atoms with Crippen molar-refractivity contribution < 1.29 is 4.79 Å². The Morgan fingerprint density at radius 3 is 3.04 bits per heavy atom. The van der Waals surface area contributed by atoms with Gasteiger partial charge in [-0.3, -0.25) is 4.79 Å². The van der Waals surface area contributed by atoms with E-state index in [0.717, 1.165) is 24.8 Å². The number of nitrogens with one attached hydrogen (secondary N) is 1. The first kappa shape index (κ1) is 16.0. The van der Waals surface area contributed by atoms with Crippen LogP contribution in [0.2, 0.25) is 0 Å². The highest BCUT2D eigenvalue weighted by molar-refractivity contribution is 7.99. The molecule has 7 heteroatoms. The number of amides is 1. The van der Waals surface area contributed by atoms with Crippen LogP contribution in [0.3, 0.4) is 0 Å². The molecule has 0 fully saturated rings. The highest BCUT2D eigenvalue weighted by Crippen LogP contribution is 2.39. The first-order chi connectivity index (χ1) is 11.2. The van der Waals surface area contributed by atoms with E-state index in [-0.39, 0.29) is 11.7 Å². The summed E-state index contributed by atoms with van der Waals surface area (Å²) in [5, 5.41) is 13.6. The van der Waals surface area contributed by atoms with Crippen molar-refractivity contribution in [3.8, 4) is 6.07 Å². The summed E-state index contributed by atoms with van der Waals surface area (Å²) in [5.41, 5.74) is 1.77. The highest BCUT2D eigenvalue weighted by atomic mass is 32.2. The molecular formula is C16H16N4OS2. The molecule has 0 saturated heterocycles. The minimum atomic E-state index is -0.134. The monoisotopic (exact) mass is 344 g/mol. The van der Waals surface area contributed by atoms with Crippen LogP contribution in [-0.2, 0) is 17.6 Å². The largest absolute Gasteiger partial charge is 0.316 e. The van der Waals surface area contributed by atoms with Crippen LogP contribution in [0, 0.1) is 17.2 Å². The molecule has 2 heterocycles. The molecule has 0 aliphatic heterocycles. The number of hydrogen-bond acceptors (Lipinski definition) is 6. The molecule has 118 valence electrons. The molecule has 1 aliphatic carbocycles. The van der Waals surface area contributed by atoms with Crippen LogP contribution in [0.4, 0.5) is 5.00 Å². The second kappa shape index (κ2) is 7.11. The van der Waals surface area contributed by atoms with Crippen LogP contribution in [0.25, 0.3) is 0 Å². The van der Waals surface area contributed by atoms with Crippen molar-refractivity contribution in [2.24, 2.45) is 5.92 Å². The number of carbonyl (C=O) groups excluding carboxylic acids is 1. The van der Waals surface area contributed by atoms with E-state index < -0.39 is 0 Å². The first-order valence-corrected chi connectivity index (χ1v) is 9.22. The maximum absolute atomic E-state index is 12.1. The van der Waals surface area contributed by atoms with Crippen molar-refractivity contribution in [3.05, 3.63) is 34.5 Å². The van der Waals surface area contributed by atoms with Crippen molar-refractivity contribution in [2.45, 2.75) is 31.3 Å². The van der Waals surface area contributed by atoms with Crippen LogP contribution in [0.1, 0.15) is 29.3 Å². The molecule has 1 aliphatic rings. The summed E-state index contributed by atoms with van der Waals surface area (Å²) in [7, 11) is 0. The number of anilines is 1. The lowest BCUT2D eigenvalue weighted by Crippen LogP contribution is -2.14. The number of hydrogen-bond donors (Lipinski definition) is 1. The van der Waals surface area contributed by atoms with E-state index in [1.165, 1.54) is 16.6 Å².